The molecule has 24 heavy (non-hydrogen) atoms. The van der Waals surface area contributed by atoms with Crippen molar-refractivity contribution < 1.29 is 24.4 Å². The van der Waals surface area contributed by atoms with Crippen LogP contribution in [-0.2, 0) is 14.3 Å². The average Bonchev–Trinajstić information content (AvgIpc) is 3.13. The summed E-state index contributed by atoms with van der Waals surface area (Å²) in [7, 11) is 0. The molecule has 0 aliphatic carbocycles. The minimum Gasteiger partial charge on any atom is -0.393 e. The van der Waals surface area contributed by atoms with Gasteiger partial charge in [0.25, 0.3) is 5.69 Å². The molecule has 8 nitrogen and oxygen atoms in total. The lowest BCUT2D eigenvalue weighted by molar-refractivity contribution is -0.384. The molecule has 0 saturated carbocycles. The number of amides is 2. The van der Waals surface area contributed by atoms with Crippen LogP contribution in [0.1, 0.15) is 6.92 Å². The van der Waals surface area contributed by atoms with Crippen molar-refractivity contribution in [3.05, 3.63) is 46.5 Å². The number of nitrogens with zero attached hydrogens (tertiary/aromatic N) is 2. The number of benzene rings is 1. The SMILES string of the molecule is C[C@]12C=C[C@@](CO)(O1)[C@H]1C(=O)N(c3cccc([N+](=O)[O-])c3)C(=O)[C@@H]12. The number of nitro benzene ring substituents is 1. The standard InChI is InChI=1S/C16H14N2O6/c1-15-5-6-16(8-19,24-15)12-11(15)13(20)17(14(12)21)9-3-2-4-10(7-9)18(22)23/h2-7,11-12,19H,8H2,1H3/t11-,12-,15-,16+/m1/s1. The molecule has 2 fully saturated rings. The first-order chi connectivity index (χ1) is 11.3. The Morgan fingerprint density at radius 3 is 2.67 bits per heavy atom. The maximum absolute atomic E-state index is 12.9. The van der Waals surface area contributed by atoms with E-state index in [1.807, 2.05) is 0 Å². The molecule has 8 heteroatoms. The Morgan fingerprint density at radius 2 is 2.00 bits per heavy atom. The molecule has 4 rings (SSSR count). The summed E-state index contributed by atoms with van der Waals surface area (Å²) < 4.78 is 5.81. The third kappa shape index (κ3) is 1.64. The molecule has 3 aliphatic rings. The van der Waals surface area contributed by atoms with E-state index in [1.165, 1.54) is 24.3 Å². The zero-order chi connectivity index (χ0) is 17.3. The number of nitro groups is 1. The number of anilines is 1. The van der Waals surface area contributed by atoms with Crippen molar-refractivity contribution in [2.75, 3.05) is 11.5 Å². The minimum absolute atomic E-state index is 0.157. The van der Waals surface area contributed by atoms with Gasteiger partial charge in [-0.3, -0.25) is 19.7 Å². The number of aliphatic hydroxyl groups excluding tert-OH is 1. The van der Waals surface area contributed by atoms with Gasteiger partial charge in [0.15, 0.2) is 0 Å². The summed E-state index contributed by atoms with van der Waals surface area (Å²) in [5.41, 5.74) is -2.22. The van der Waals surface area contributed by atoms with Crippen LogP contribution in [0, 0.1) is 22.0 Å². The Hall–Kier alpha value is -2.58. The Kier molecular flexibility index (Phi) is 2.80. The van der Waals surface area contributed by atoms with Crippen molar-refractivity contribution in [2.24, 2.45) is 11.8 Å². The lowest BCUT2D eigenvalue weighted by Crippen LogP contribution is -2.43. The van der Waals surface area contributed by atoms with Crippen LogP contribution in [0.15, 0.2) is 36.4 Å². The van der Waals surface area contributed by atoms with E-state index >= 15 is 0 Å². The van der Waals surface area contributed by atoms with Gasteiger partial charge in [0.05, 0.1) is 34.7 Å². The lowest BCUT2D eigenvalue weighted by Gasteiger charge is -2.26. The van der Waals surface area contributed by atoms with Gasteiger partial charge in [0.2, 0.25) is 11.8 Å². The summed E-state index contributed by atoms with van der Waals surface area (Å²) in [5, 5.41) is 20.7. The number of carbonyl (C=O) groups is 2. The Bertz CT molecular complexity index is 821. The van der Waals surface area contributed by atoms with E-state index in [4.69, 9.17) is 4.74 Å². The monoisotopic (exact) mass is 330 g/mol. The van der Waals surface area contributed by atoms with Crippen molar-refractivity contribution in [1.82, 2.24) is 0 Å². The van der Waals surface area contributed by atoms with Gasteiger partial charge in [0, 0.05) is 12.1 Å². The average molecular weight is 330 g/mol. The molecule has 3 heterocycles. The summed E-state index contributed by atoms with van der Waals surface area (Å²) in [4.78, 5) is 37.1. The smallest absolute Gasteiger partial charge is 0.271 e. The lowest BCUT2D eigenvalue weighted by atomic mass is 9.73. The summed E-state index contributed by atoms with van der Waals surface area (Å²) in [5.74, 6) is -2.55. The zero-order valence-corrected chi connectivity index (χ0v) is 12.7. The highest BCUT2D eigenvalue weighted by Gasteiger charge is 2.72. The highest BCUT2D eigenvalue weighted by atomic mass is 16.6. The molecular formula is C16H14N2O6. The van der Waals surface area contributed by atoms with Crippen molar-refractivity contribution in [1.29, 1.82) is 0 Å². The molecule has 0 unspecified atom stereocenters. The van der Waals surface area contributed by atoms with E-state index in [1.54, 1.807) is 19.1 Å². The first-order valence-electron chi connectivity index (χ1n) is 7.47. The second-order valence-corrected chi connectivity index (χ2v) is 6.48. The zero-order valence-electron chi connectivity index (χ0n) is 12.7. The number of non-ortho nitro benzene ring substituents is 1. The predicted molar refractivity (Wildman–Crippen MR) is 81.0 cm³/mol. The highest BCUT2D eigenvalue weighted by Crippen LogP contribution is 2.57. The Labute approximate surface area is 136 Å². The summed E-state index contributed by atoms with van der Waals surface area (Å²) >= 11 is 0. The Balaban J connectivity index is 1.80. The van der Waals surface area contributed by atoms with Gasteiger partial charge in [-0.1, -0.05) is 18.2 Å². The number of hydrogen-bond donors (Lipinski definition) is 1. The third-order valence-electron chi connectivity index (χ3n) is 5.10. The fourth-order valence-electron chi connectivity index (χ4n) is 4.04. The van der Waals surface area contributed by atoms with E-state index in [0.29, 0.717) is 0 Å². The molecular weight excluding hydrogens is 316 g/mol. The molecule has 3 aliphatic heterocycles. The molecule has 1 aromatic carbocycles. The number of ether oxygens (including phenoxy) is 1. The van der Waals surface area contributed by atoms with Gasteiger partial charge in [-0.15, -0.1) is 0 Å². The van der Waals surface area contributed by atoms with E-state index in [-0.39, 0.29) is 11.4 Å². The molecule has 0 spiro atoms. The number of carbonyl (C=O) groups excluding carboxylic acids is 2. The van der Waals surface area contributed by atoms with Crippen LogP contribution in [-0.4, -0.2) is 39.7 Å². The van der Waals surface area contributed by atoms with Crippen LogP contribution < -0.4 is 4.90 Å². The molecule has 0 radical (unpaired) electrons. The summed E-state index contributed by atoms with van der Waals surface area (Å²) in [6.45, 7) is 1.29. The molecule has 1 aromatic rings. The van der Waals surface area contributed by atoms with Crippen molar-refractivity contribution in [3.63, 3.8) is 0 Å². The van der Waals surface area contributed by atoms with Crippen LogP contribution in [0.2, 0.25) is 0 Å². The molecule has 0 aromatic heterocycles. The molecule has 2 bridgehead atoms. The second kappa shape index (κ2) is 4.49. The Morgan fingerprint density at radius 1 is 1.29 bits per heavy atom. The minimum atomic E-state index is -1.21. The van der Waals surface area contributed by atoms with E-state index in [0.717, 1.165) is 4.90 Å². The first kappa shape index (κ1) is 15.0. The van der Waals surface area contributed by atoms with Gasteiger partial charge in [-0.2, -0.15) is 0 Å². The van der Waals surface area contributed by atoms with Crippen LogP contribution in [0.3, 0.4) is 0 Å². The summed E-state index contributed by atoms with van der Waals surface area (Å²) in [6, 6.07) is 5.39. The molecule has 2 amide bonds. The highest BCUT2D eigenvalue weighted by molar-refractivity contribution is 6.23. The van der Waals surface area contributed by atoms with E-state index < -0.39 is 46.4 Å². The van der Waals surface area contributed by atoms with E-state index in [2.05, 4.69) is 0 Å². The maximum Gasteiger partial charge on any atom is 0.271 e. The van der Waals surface area contributed by atoms with Gasteiger partial charge in [-0.25, -0.2) is 4.90 Å². The van der Waals surface area contributed by atoms with Gasteiger partial charge < -0.3 is 9.84 Å². The fraction of sp³-hybridized carbons (Fsp3) is 0.375. The number of rotatable bonds is 3. The maximum atomic E-state index is 12.9. The number of hydrogen-bond acceptors (Lipinski definition) is 6. The van der Waals surface area contributed by atoms with Gasteiger partial charge in [0.1, 0.15) is 5.60 Å². The van der Waals surface area contributed by atoms with Crippen LogP contribution in [0.5, 0.6) is 0 Å². The molecule has 1 N–H and O–H groups in total. The van der Waals surface area contributed by atoms with Crippen LogP contribution in [0.25, 0.3) is 0 Å². The van der Waals surface area contributed by atoms with Crippen molar-refractivity contribution in [2.45, 2.75) is 18.1 Å². The number of imide groups is 1. The van der Waals surface area contributed by atoms with Gasteiger partial charge in [-0.05, 0) is 13.0 Å². The predicted octanol–water partition coefficient (Wildman–Crippen LogP) is 0.790. The quantitative estimate of drug-likeness (QED) is 0.380. The number of aliphatic hydroxyl groups is 1. The van der Waals surface area contributed by atoms with Crippen LogP contribution >= 0.6 is 0 Å². The largest absolute Gasteiger partial charge is 0.393 e. The van der Waals surface area contributed by atoms with Gasteiger partial charge >= 0.3 is 0 Å². The summed E-state index contributed by atoms with van der Waals surface area (Å²) in [6.07, 6.45) is 3.34. The third-order valence-corrected chi connectivity index (χ3v) is 5.10. The van der Waals surface area contributed by atoms with Crippen molar-refractivity contribution >= 4 is 23.2 Å². The fourth-order valence-corrected chi connectivity index (χ4v) is 4.04. The number of fused-ring (bicyclic) bond motifs is 5. The molecule has 4 atom stereocenters. The van der Waals surface area contributed by atoms with E-state index in [9.17, 15) is 24.8 Å². The topological polar surface area (TPSA) is 110 Å². The normalized spacial score (nSPS) is 36.5. The van der Waals surface area contributed by atoms with Crippen molar-refractivity contribution in [3.8, 4) is 0 Å². The second-order valence-electron chi connectivity index (χ2n) is 6.48. The molecule has 2 saturated heterocycles. The first-order valence-corrected chi connectivity index (χ1v) is 7.47. The van der Waals surface area contributed by atoms with Crippen LogP contribution in [0.4, 0.5) is 11.4 Å². The molecule has 124 valence electrons.